The van der Waals surface area contributed by atoms with Gasteiger partial charge in [0.1, 0.15) is 10.7 Å². The average Bonchev–Trinajstić information content (AvgIpc) is 3.12. The van der Waals surface area contributed by atoms with Crippen molar-refractivity contribution in [1.29, 1.82) is 0 Å². The van der Waals surface area contributed by atoms with Crippen LogP contribution >= 0.6 is 24.0 Å². The van der Waals surface area contributed by atoms with Crippen molar-refractivity contribution in [1.82, 2.24) is 0 Å². The van der Waals surface area contributed by atoms with Gasteiger partial charge in [0.2, 0.25) is 0 Å². The summed E-state index contributed by atoms with van der Waals surface area (Å²) in [6, 6.07) is 14.1. The second kappa shape index (κ2) is 10.0. The Morgan fingerprint density at radius 3 is 2.47 bits per heavy atom. The molecule has 0 radical (unpaired) electrons. The lowest BCUT2D eigenvalue weighted by Crippen LogP contribution is -2.27. The van der Waals surface area contributed by atoms with Crippen LogP contribution in [0.4, 0.5) is 15.8 Å². The molecule has 1 saturated heterocycles. The summed E-state index contributed by atoms with van der Waals surface area (Å²) < 4.78 is 48.8. The minimum Gasteiger partial charge on any atom is -0.493 e. The Morgan fingerprint density at radius 2 is 1.81 bits per heavy atom. The van der Waals surface area contributed by atoms with E-state index in [2.05, 4.69) is 0 Å². The van der Waals surface area contributed by atoms with E-state index in [-0.39, 0.29) is 37.0 Å². The predicted molar refractivity (Wildman–Crippen MR) is 136 cm³/mol. The molecule has 1 heterocycles. The first-order chi connectivity index (χ1) is 17.1. The van der Waals surface area contributed by atoms with E-state index in [0.29, 0.717) is 5.56 Å². The van der Waals surface area contributed by atoms with Crippen molar-refractivity contribution in [3.63, 3.8) is 0 Å². The second-order valence-corrected chi connectivity index (χ2v) is 10.4. The number of hydrogen-bond donors (Lipinski definition) is 0. The maximum Gasteiger partial charge on any atom is 0.339 e. The van der Waals surface area contributed by atoms with E-state index >= 15 is 0 Å². The molecule has 0 aliphatic carbocycles. The van der Waals surface area contributed by atoms with Crippen molar-refractivity contribution in [2.45, 2.75) is 4.90 Å². The highest BCUT2D eigenvalue weighted by atomic mass is 32.2. The number of carbonyl (C=O) groups is 1. The first-order valence-corrected chi connectivity index (χ1v) is 12.6. The summed E-state index contributed by atoms with van der Waals surface area (Å²) in [5.74, 6) is -1.10. The smallest absolute Gasteiger partial charge is 0.339 e. The van der Waals surface area contributed by atoms with Gasteiger partial charge in [-0.1, -0.05) is 36.1 Å². The number of nitrogens with zero attached hydrogens (tertiary/aromatic N) is 2. The van der Waals surface area contributed by atoms with Gasteiger partial charge in [0.15, 0.2) is 15.8 Å². The number of methoxy groups -OCH3 is 1. The van der Waals surface area contributed by atoms with E-state index in [0.717, 1.165) is 36.0 Å². The molecular weight excluding hydrogens is 531 g/mol. The van der Waals surface area contributed by atoms with E-state index in [9.17, 15) is 27.7 Å². The van der Waals surface area contributed by atoms with Gasteiger partial charge >= 0.3 is 10.1 Å². The number of non-ortho nitro benzene ring substituents is 1. The van der Waals surface area contributed by atoms with Crippen LogP contribution in [0.25, 0.3) is 6.08 Å². The highest BCUT2D eigenvalue weighted by Gasteiger charge is 2.34. The highest BCUT2D eigenvalue weighted by Crippen LogP contribution is 2.38. The number of nitro groups is 1. The molecule has 1 amide bonds. The molecule has 0 spiro atoms. The summed E-state index contributed by atoms with van der Waals surface area (Å²) in [4.78, 5) is 24.7. The number of ether oxygens (including phenoxy) is 1. The van der Waals surface area contributed by atoms with Crippen LogP contribution in [0.15, 0.2) is 76.5 Å². The van der Waals surface area contributed by atoms with Gasteiger partial charge in [-0.3, -0.25) is 19.8 Å². The molecule has 0 unspecified atom stereocenters. The first-order valence-electron chi connectivity index (χ1n) is 9.99. The number of carbonyl (C=O) groups excluding carboxylic acids is 1. The number of hydrogen-bond acceptors (Lipinski definition) is 9. The average molecular weight is 547 g/mol. The van der Waals surface area contributed by atoms with Crippen LogP contribution in [-0.2, 0) is 14.9 Å². The van der Waals surface area contributed by atoms with Crippen LogP contribution in [-0.4, -0.2) is 30.7 Å². The zero-order chi connectivity index (χ0) is 26.0. The van der Waals surface area contributed by atoms with Crippen LogP contribution < -0.4 is 13.8 Å². The van der Waals surface area contributed by atoms with Crippen molar-refractivity contribution in [2.75, 3.05) is 12.0 Å². The number of thioether (sulfide) groups is 1. The van der Waals surface area contributed by atoms with Crippen LogP contribution in [0.5, 0.6) is 11.5 Å². The molecule has 0 atom stereocenters. The van der Waals surface area contributed by atoms with Crippen molar-refractivity contribution >= 4 is 61.8 Å². The molecule has 0 bridgehead atoms. The largest absolute Gasteiger partial charge is 0.493 e. The molecule has 0 aromatic heterocycles. The van der Waals surface area contributed by atoms with Gasteiger partial charge in [0.05, 0.1) is 22.6 Å². The number of rotatable bonds is 7. The lowest BCUT2D eigenvalue weighted by Gasteiger charge is -2.14. The minimum atomic E-state index is -4.25. The van der Waals surface area contributed by atoms with Gasteiger partial charge in [-0.15, -0.1) is 0 Å². The number of benzene rings is 3. The predicted octanol–water partition coefficient (Wildman–Crippen LogP) is 4.92. The molecule has 3 aromatic carbocycles. The second-order valence-electron chi connectivity index (χ2n) is 7.20. The van der Waals surface area contributed by atoms with Gasteiger partial charge < -0.3 is 8.92 Å². The quantitative estimate of drug-likeness (QED) is 0.134. The SMILES string of the molecule is COc1cc(/C=C2/SC(=S)N(c3cccc([N+](=O)[O-])c3)C2=O)ccc1OS(=O)(=O)c1ccc(F)cc1. The lowest BCUT2D eigenvalue weighted by atomic mass is 10.2. The van der Waals surface area contributed by atoms with Gasteiger partial charge in [-0.05, 0) is 54.1 Å². The Balaban J connectivity index is 1.60. The molecule has 0 saturated carbocycles. The molecule has 1 fully saturated rings. The Kier molecular flexibility index (Phi) is 7.06. The molecular formula is C23H15FN2O7S3. The van der Waals surface area contributed by atoms with Crippen molar-refractivity contribution in [3.05, 3.63) is 93.1 Å². The molecule has 9 nitrogen and oxygen atoms in total. The summed E-state index contributed by atoms with van der Waals surface area (Å²) in [7, 11) is -2.94. The first kappa shape index (κ1) is 25.3. The van der Waals surface area contributed by atoms with Crippen molar-refractivity contribution in [2.24, 2.45) is 0 Å². The maximum atomic E-state index is 13.1. The number of anilines is 1. The Morgan fingerprint density at radius 1 is 1.08 bits per heavy atom. The molecule has 1 aliphatic rings. The molecule has 184 valence electrons. The van der Waals surface area contributed by atoms with Crippen LogP contribution in [0.1, 0.15) is 5.56 Å². The number of halogens is 1. The number of thiocarbonyl (C=S) groups is 1. The van der Waals surface area contributed by atoms with E-state index in [1.165, 1.54) is 60.6 Å². The monoisotopic (exact) mass is 546 g/mol. The summed E-state index contributed by atoms with van der Waals surface area (Å²) in [5.41, 5.74) is 0.571. The molecule has 3 aromatic rings. The third kappa shape index (κ3) is 5.22. The fourth-order valence-electron chi connectivity index (χ4n) is 3.20. The Labute approximate surface area is 214 Å². The zero-order valence-corrected chi connectivity index (χ0v) is 20.7. The van der Waals surface area contributed by atoms with Gasteiger partial charge in [0.25, 0.3) is 11.6 Å². The zero-order valence-electron chi connectivity index (χ0n) is 18.3. The van der Waals surface area contributed by atoms with E-state index in [1.807, 2.05) is 0 Å². The highest BCUT2D eigenvalue weighted by molar-refractivity contribution is 8.27. The number of amides is 1. The lowest BCUT2D eigenvalue weighted by molar-refractivity contribution is -0.384. The van der Waals surface area contributed by atoms with Crippen LogP contribution in [0, 0.1) is 15.9 Å². The summed E-state index contributed by atoms with van der Waals surface area (Å²) >= 11 is 6.32. The molecule has 0 N–H and O–H groups in total. The van der Waals surface area contributed by atoms with E-state index in [1.54, 1.807) is 0 Å². The fourth-order valence-corrected chi connectivity index (χ4v) is 5.44. The minimum absolute atomic E-state index is 0.0728. The fraction of sp³-hybridized carbons (Fsp3) is 0.0435. The van der Waals surface area contributed by atoms with E-state index < -0.39 is 26.8 Å². The van der Waals surface area contributed by atoms with Crippen molar-refractivity contribution < 1.29 is 31.4 Å². The summed E-state index contributed by atoms with van der Waals surface area (Å²) in [6.45, 7) is 0. The third-order valence-corrected chi connectivity index (χ3v) is 7.43. The van der Waals surface area contributed by atoms with Gasteiger partial charge in [0, 0.05) is 12.1 Å². The molecule has 4 rings (SSSR count). The Hall–Kier alpha value is -3.81. The van der Waals surface area contributed by atoms with Gasteiger partial charge in [-0.25, -0.2) is 4.39 Å². The van der Waals surface area contributed by atoms with Gasteiger partial charge in [-0.2, -0.15) is 8.42 Å². The van der Waals surface area contributed by atoms with E-state index in [4.69, 9.17) is 21.1 Å². The van der Waals surface area contributed by atoms with Crippen LogP contribution in [0.2, 0.25) is 0 Å². The summed E-state index contributed by atoms with van der Waals surface area (Å²) in [5, 5.41) is 11.1. The molecule has 1 aliphatic heterocycles. The normalized spacial score (nSPS) is 14.8. The molecule has 13 heteroatoms. The topological polar surface area (TPSA) is 116 Å². The molecule has 36 heavy (non-hydrogen) atoms. The maximum absolute atomic E-state index is 13.1. The Bertz CT molecular complexity index is 1520. The van der Waals surface area contributed by atoms with Crippen molar-refractivity contribution in [3.8, 4) is 11.5 Å². The van der Waals surface area contributed by atoms with Crippen LogP contribution in [0.3, 0.4) is 0 Å². The third-order valence-electron chi connectivity index (χ3n) is 4.88. The number of nitro benzene ring substituents is 1. The summed E-state index contributed by atoms with van der Waals surface area (Å²) in [6.07, 6.45) is 1.53. The standard InChI is InChI=1S/C23H15FN2O7S3/c1-32-20-11-14(5-10-19(20)33-36(30,31)18-8-6-15(24)7-9-18)12-21-22(27)25(23(34)35-21)16-3-2-4-17(13-16)26(28)29/h2-13H,1H3/b21-12+.